The van der Waals surface area contributed by atoms with Gasteiger partial charge < -0.3 is 14.5 Å². The van der Waals surface area contributed by atoms with Crippen molar-refractivity contribution in [3.8, 4) is 0 Å². The second kappa shape index (κ2) is 8.29. The first-order valence-corrected chi connectivity index (χ1v) is 8.92. The van der Waals surface area contributed by atoms with Crippen LogP contribution in [-0.2, 0) is 20.9 Å². The van der Waals surface area contributed by atoms with Crippen LogP contribution in [0.4, 0.5) is 0 Å². The summed E-state index contributed by atoms with van der Waals surface area (Å²) in [5.41, 5.74) is 1.07. The van der Waals surface area contributed by atoms with E-state index in [4.69, 9.17) is 4.74 Å². The minimum Gasteiger partial charge on any atom is -0.367 e. The van der Waals surface area contributed by atoms with E-state index in [1.54, 1.807) is 0 Å². The molecule has 0 unspecified atom stereocenters. The number of rotatable bonds is 5. The number of likely N-dealkylation sites (tertiary alicyclic amines) is 2. The molecule has 0 bridgehead atoms. The molecule has 0 radical (unpaired) electrons. The summed E-state index contributed by atoms with van der Waals surface area (Å²) in [6.45, 7) is 3.71. The molecule has 2 amide bonds. The van der Waals surface area contributed by atoms with Gasteiger partial charge in [0.1, 0.15) is 6.61 Å². The zero-order valence-electron chi connectivity index (χ0n) is 14.2. The second-order valence-electron chi connectivity index (χ2n) is 6.67. The standard InChI is InChI=1S/C19H26N2O3/c22-18(15-24-14-16-6-2-1-3-7-16)20-12-8-17(9-13-20)19(23)21-10-4-5-11-21/h1-3,6-7,17H,4-5,8-15H2. The Kier molecular flexibility index (Phi) is 5.86. The van der Waals surface area contributed by atoms with Crippen LogP contribution in [0.3, 0.4) is 0 Å². The fourth-order valence-electron chi connectivity index (χ4n) is 3.49. The van der Waals surface area contributed by atoms with Crippen molar-refractivity contribution < 1.29 is 14.3 Å². The smallest absolute Gasteiger partial charge is 0.248 e. The summed E-state index contributed by atoms with van der Waals surface area (Å²) in [5, 5.41) is 0. The first-order valence-electron chi connectivity index (χ1n) is 8.92. The van der Waals surface area contributed by atoms with Crippen molar-refractivity contribution in [1.82, 2.24) is 9.80 Å². The molecule has 0 N–H and O–H groups in total. The normalized spacial score (nSPS) is 18.8. The molecular weight excluding hydrogens is 304 g/mol. The van der Waals surface area contributed by atoms with E-state index in [1.807, 2.05) is 40.1 Å². The van der Waals surface area contributed by atoms with Crippen molar-refractivity contribution in [2.75, 3.05) is 32.8 Å². The number of amides is 2. The van der Waals surface area contributed by atoms with Crippen LogP contribution in [0, 0.1) is 5.92 Å². The van der Waals surface area contributed by atoms with Crippen molar-refractivity contribution in [2.24, 2.45) is 5.92 Å². The van der Waals surface area contributed by atoms with Crippen LogP contribution in [0.5, 0.6) is 0 Å². The number of carbonyl (C=O) groups excluding carboxylic acids is 2. The molecular formula is C19H26N2O3. The SMILES string of the molecule is O=C(COCc1ccccc1)N1CCC(C(=O)N2CCCC2)CC1. The topological polar surface area (TPSA) is 49.9 Å². The molecule has 1 aromatic rings. The number of ether oxygens (including phenoxy) is 1. The Labute approximate surface area is 143 Å². The third kappa shape index (κ3) is 4.35. The van der Waals surface area contributed by atoms with Gasteiger partial charge in [-0.15, -0.1) is 0 Å². The maximum atomic E-state index is 12.4. The van der Waals surface area contributed by atoms with E-state index in [1.165, 1.54) is 0 Å². The van der Waals surface area contributed by atoms with Gasteiger partial charge in [-0.05, 0) is 31.2 Å². The van der Waals surface area contributed by atoms with Crippen molar-refractivity contribution in [2.45, 2.75) is 32.3 Å². The molecule has 2 aliphatic heterocycles. The van der Waals surface area contributed by atoms with Crippen LogP contribution in [-0.4, -0.2) is 54.4 Å². The third-order valence-electron chi connectivity index (χ3n) is 4.95. The molecule has 5 heteroatoms. The fraction of sp³-hybridized carbons (Fsp3) is 0.579. The van der Waals surface area contributed by atoms with E-state index in [2.05, 4.69) is 0 Å². The van der Waals surface area contributed by atoms with Gasteiger partial charge in [0.2, 0.25) is 11.8 Å². The van der Waals surface area contributed by atoms with Crippen LogP contribution in [0.25, 0.3) is 0 Å². The second-order valence-corrected chi connectivity index (χ2v) is 6.67. The molecule has 0 aromatic heterocycles. The van der Waals surface area contributed by atoms with Gasteiger partial charge in [0.15, 0.2) is 0 Å². The summed E-state index contributed by atoms with van der Waals surface area (Å²) in [7, 11) is 0. The molecule has 0 atom stereocenters. The lowest BCUT2D eigenvalue weighted by atomic mass is 9.95. The van der Waals surface area contributed by atoms with Crippen LogP contribution < -0.4 is 0 Å². The van der Waals surface area contributed by atoms with Gasteiger partial charge in [-0.25, -0.2) is 0 Å². The van der Waals surface area contributed by atoms with Gasteiger partial charge in [-0.1, -0.05) is 30.3 Å². The van der Waals surface area contributed by atoms with E-state index < -0.39 is 0 Å². The maximum Gasteiger partial charge on any atom is 0.248 e. The Bertz CT molecular complexity index is 547. The maximum absolute atomic E-state index is 12.4. The van der Waals surface area contributed by atoms with Crippen LogP contribution >= 0.6 is 0 Å². The monoisotopic (exact) mass is 330 g/mol. The van der Waals surface area contributed by atoms with Gasteiger partial charge in [-0.3, -0.25) is 9.59 Å². The average Bonchev–Trinajstić information content (AvgIpc) is 3.17. The van der Waals surface area contributed by atoms with Gasteiger partial charge in [0.25, 0.3) is 0 Å². The van der Waals surface area contributed by atoms with Crippen molar-refractivity contribution in [3.05, 3.63) is 35.9 Å². The highest BCUT2D eigenvalue weighted by atomic mass is 16.5. The third-order valence-corrected chi connectivity index (χ3v) is 4.95. The summed E-state index contributed by atoms with van der Waals surface area (Å²) >= 11 is 0. The molecule has 0 aliphatic carbocycles. The summed E-state index contributed by atoms with van der Waals surface area (Å²) < 4.78 is 5.52. The largest absolute Gasteiger partial charge is 0.367 e. The molecule has 24 heavy (non-hydrogen) atoms. The van der Waals surface area contributed by atoms with Crippen molar-refractivity contribution >= 4 is 11.8 Å². The molecule has 2 aliphatic rings. The summed E-state index contributed by atoms with van der Waals surface area (Å²) in [5.74, 6) is 0.412. The molecule has 0 spiro atoms. The molecule has 1 aromatic carbocycles. The highest BCUT2D eigenvalue weighted by Crippen LogP contribution is 2.22. The molecule has 3 rings (SSSR count). The Morgan fingerprint density at radius 1 is 0.958 bits per heavy atom. The number of nitrogens with zero attached hydrogens (tertiary/aromatic N) is 2. The summed E-state index contributed by atoms with van der Waals surface area (Å²) in [4.78, 5) is 28.5. The van der Waals surface area contributed by atoms with Crippen molar-refractivity contribution in [3.63, 3.8) is 0 Å². The number of carbonyl (C=O) groups is 2. The average molecular weight is 330 g/mol. The fourth-order valence-corrected chi connectivity index (χ4v) is 3.49. The first-order chi connectivity index (χ1) is 11.7. The van der Waals surface area contributed by atoms with E-state index in [0.29, 0.717) is 25.6 Å². The minimum atomic E-state index is 0.0259. The molecule has 2 saturated heterocycles. The van der Waals surface area contributed by atoms with Crippen LogP contribution in [0.2, 0.25) is 0 Å². The van der Waals surface area contributed by atoms with Crippen LogP contribution in [0.15, 0.2) is 30.3 Å². The number of hydrogen-bond donors (Lipinski definition) is 0. The Morgan fingerprint density at radius 2 is 1.62 bits per heavy atom. The minimum absolute atomic E-state index is 0.0259. The Hall–Kier alpha value is -1.88. The van der Waals surface area contributed by atoms with Gasteiger partial charge >= 0.3 is 0 Å². The van der Waals surface area contributed by atoms with Gasteiger partial charge in [-0.2, -0.15) is 0 Å². The molecule has 2 heterocycles. The highest BCUT2D eigenvalue weighted by molar-refractivity contribution is 5.80. The number of benzene rings is 1. The molecule has 5 nitrogen and oxygen atoms in total. The van der Waals surface area contributed by atoms with Gasteiger partial charge in [0, 0.05) is 32.1 Å². The van der Waals surface area contributed by atoms with Crippen molar-refractivity contribution in [1.29, 1.82) is 0 Å². The predicted octanol–water partition coefficient (Wildman–Crippen LogP) is 2.06. The lowest BCUT2D eigenvalue weighted by Gasteiger charge is -2.33. The molecule has 0 saturated carbocycles. The zero-order chi connectivity index (χ0) is 16.8. The van der Waals surface area contributed by atoms with Gasteiger partial charge in [0.05, 0.1) is 6.61 Å². The Balaban J connectivity index is 1.38. The van der Waals surface area contributed by atoms with E-state index in [9.17, 15) is 9.59 Å². The quantitative estimate of drug-likeness (QED) is 0.830. The summed E-state index contributed by atoms with van der Waals surface area (Å²) in [6.07, 6.45) is 3.81. The lowest BCUT2D eigenvalue weighted by molar-refractivity contribution is -0.142. The lowest BCUT2D eigenvalue weighted by Crippen LogP contribution is -2.44. The van der Waals surface area contributed by atoms with E-state index >= 15 is 0 Å². The highest BCUT2D eigenvalue weighted by Gasteiger charge is 2.31. The van der Waals surface area contributed by atoms with E-state index in [0.717, 1.165) is 44.3 Å². The van der Waals surface area contributed by atoms with Crippen LogP contribution in [0.1, 0.15) is 31.2 Å². The summed E-state index contributed by atoms with van der Waals surface area (Å²) in [6, 6.07) is 9.85. The Morgan fingerprint density at radius 3 is 2.29 bits per heavy atom. The molecule has 2 fully saturated rings. The predicted molar refractivity (Wildman–Crippen MR) is 91.2 cm³/mol. The molecule has 130 valence electrons. The number of hydrogen-bond acceptors (Lipinski definition) is 3. The number of piperidine rings is 1. The first kappa shape index (κ1) is 17.0. The zero-order valence-corrected chi connectivity index (χ0v) is 14.2. The van der Waals surface area contributed by atoms with E-state index in [-0.39, 0.29) is 18.4 Å².